The third-order valence-electron chi connectivity index (χ3n) is 6.17. The van der Waals surface area contributed by atoms with Crippen molar-refractivity contribution in [1.82, 2.24) is 0 Å². The average Bonchev–Trinajstić information content (AvgIpc) is 2.59. The van der Waals surface area contributed by atoms with Crippen LogP contribution in [0, 0.1) is 17.8 Å². The van der Waals surface area contributed by atoms with Gasteiger partial charge in [0.15, 0.2) is 6.29 Å². The van der Waals surface area contributed by atoms with Gasteiger partial charge in [-0.15, -0.1) is 0 Å². The first-order valence-corrected chi connectivity index (χ1v) is 10.2. The molecule has 0 aromatic rings. The number of hydrogen-bond donors (Lipinski definition) is 0. The number of esters is 2. The lowest BCUT2D eigenvalue weighted by Gasteiger charge is -2.59. The number of carbonyl (C=O) groups is 2. The van der Waals surface area contributed by atoms with Gasteiger partial charge < -0.3 is 18.9 Å². The molecule has 3 unspecified atom stereocenters. The van der Waals surface area contributed by atoms with Crippen molar-refractivity contribution in [2.75, 3.05) is 13.2 Å². The number of rotatable bonds is 9. The zero-order chi connectivity index (χ0) is 21.4. The Labute approximate surface area is 169 Å². The standard InChI is InChI=1S/C21H30F2O6/c1-12(2)18(24)27-6-5-26-13(3)29-21-9-14-7-15(10-21)17(16(8-14)11-21)28-19(25)20(4,22)23/h13-17H,1,5-11H2,2-4H3. The molecule has 3 atom stereocenters. The lowest BCUT2D eigenvalue weighted by molar-refractivity contribution is -0.271. The van der Waals surface area contributed by atoms with E-state index in [1.807, 2.05) is 0 Å². The second-order valence-corrected chi connectivity index (χ2v) is 8.88. The summed E-state index contributed by atoms with van der Waals surface area (Å²) in [5, 5.41) is 0. The summed E-state index contributed by atoms with van der Waals surface area (Å²) in [6.07, 6.45) is 3.05. The van der Waals surface area contributed by atoms with Crippen molar-refractivity contribution >= 4 is 11.9 Å². The average molecular weight is 416 g/mol. The van der Waals surface area contributed by atoms with Crippen molar-refractivity contribution in [2.45, 2.75) is 76.8 Å². The molecule has 0 N–H and O–H groups in total. The van der Waals surface area contributed by atoms with Gasteiger partial charge in [0.2, 0.25) is 0 Å². The molecule has 4 aliphatic rings. The Balaban J connectivity index is 1.51. The SMILES string of the molecule is C=C(C)C(=O)OCCOC(C)OC12CC3CC(C1)C(OC(=O)C(C)(F)F)C(C3)C2. The fourth-order valence-corrected chi connectivity index (χ4v) is 5.32. The lowest BCUT2D eigenvalue weighted by Crippen LogP contribution is -2.60. The van der Waals surface area contributed by atoms with E-state index in [4.69, 9.17) is 18.9 Å². The summed E-state index contributed by atoms with van der Waals surface area (Å²) in [5.41, 5.74) is -0.0407. The van der Waals surface area contributed by atoms with E-state index in [9.17, 15) is 18.4 Å². The number of halogens is 2. The minimum Gasteiger partial charge on any atom is -0.460 e. The molecule has 4 fully saturated rings. The summed E-state index contributed by atoms with van der Waals surface area (Å²) in [7, 11) is 0. The maximum atomic E-state index is 13.3. The highest BCUT2D eigenvalue weighted by Gasteiger charge is 2.58. The van der Waals surface area contributed by atoms with Gasteiger partial charge in [-0.3, -0.25) is 0 Å². The molecule has 0 aliphatic heterocycles. The molecule has 4 bridgehead atoms. The second kappa shape index (κ2) is 8.30. The topological polar surface area (TPSA) is 71.1 Å². The van der Waals surface area contributed by atoms with Crippen LogP contribution in [0.15, 0.2) is 12.2 Å². The third kappa shape index (κ3) is 5.15. The summed E-state index contributed by atoms with van der Waals surface area (Å²) >= 11 is 0. The van der Waals surface area contributed by atoms with Crippen LogP contribution in [0.2, 0.25) is 0 Å². The minimum absolute atomic E-state index is 0.0382. The highest BCUT2D eigenvalue weighted by atomic mass is 19.3. The van der Waals surface area contributed by atoms with Crippen molar-refractivity contribution in [3.8, 4) is 0 Å². The molecule has 0 heterocycles. The van der Waals surface area contributed by atoms with Crippen molar-refractivity contribution in [2.24, 2.45) is 17.8 Å². The van der Waals surface area contributed by atoms with E-state index in [1.165, 1.54) is 0 Å². The van der Waals surface area contributed by atoms with Crippen LogP contribution < -0.4 is 0 Å². The quantitative estimate of drug-likeness (QED) is 0.247. The van der Waals surface area contributed by atoms with Gasteiger partial charge in [0.1, 0.15) is 12.7 Å². The van der Waals surface area contributed by atoms with Gasteiger partial charge in [0.05, 0.1) is 12.2 Å². The Bertz CT molecular complexity index is 642. The van der Waals surface area contributed by atoms with Crippen LogP contribution in [0.25, 0.3) is 0 Å². The van der Waals surface area contributed by atoms with Crippen LogP contribution in [-0.2, 0) is 28.5 Å². The maximum absolute atomic E-state index is 13.3. The molecule has 0 saturated heterocycles. The van der Waals surface area contributed by atoms with E-state index in [0.717, 1.165) is 19.3 Å². The predicted molar refractivity (Wildman–Crippen MR) is 99.1 cm³/mol. The van der Waals surface area contributed by atoms with Crippen LogP contribution in [0.1, 0.15) is 52.9 Å². The van der Waals surface area contributed by atoms with Gasteiger partial charge in [-0.2, -0.15) is 8.78 Å². The monoisotopic (exact) mass is 416 g/mol. The first-order chi connectivity index (χ1) is 13.5. The first kappa shape index (κ1) is 22.2. The number of alkyl halides is 2. The molecular weight excluding hydrogens is 386 g/mol. The summed E-state index contributed by atoms with van der Waals surface area (Å²) in [5.74, 6) is -4.84. The van der Waals surface area contributed by atoms with Crippen LogP contribution in [0.3, 0.4) is 0 Å². The molecule has 29 heavy (non-hydrogen) atoms. The highest BCUT2D eigenvalue weighted by molar-refractivity contribution is 5.86. The molecular formula is C21H30F2O6. The van der Waals surface area contributed by atoms with E-state index < -0.39 is 30.3 Å². The molecule has 0 aromatic heterocycles. The molecule has 6 nitrogen and oxygen atoms in total. The van der Waals surface area contributed by atoms with E-state index in [-0.39, 0.29) is 30.7 Å². The molecule has 0 aromatic carbocycles. The van der Waals surface area contributed by atoms with Gasteiger partial charge in [0, 0.05) is 12.5 Å². The summed E-state index contributed by atoms with van der Waals surface area (Å²) in [4.78, 5) is 23.1. The number of ether oxygens (including phenoxy) is 4. The third-order valence-corrected chi connectivity index (χ3v) is 6.17. The summed E-state index contributed by atoms with van der Waals surface area (Å²) in [6.45, 7) is 7.79. The Hall–Kier alpha value is -1.54. The van der Waals surface area contributed by atoms with E-state index >= 15 is 0 Å². The Kier molecular flexibility index (Phi) is 6.34. The Morgan fingerprint density at radius 3 is 2.34 bits per heavy atom. The van der Waals surface area contributed by atoms with E-state index in [0.29, 0.717) is 31.3 Å². The lowest BCUT2D eigenvalue weighted by atomic mass is 9.53. The van der Waals surface area contributed by atoms with Crippen molar-refractivity contribution in [1.29, 1.82) is 0 Å². The first-order valence-electron chi connectivity index (χ1n) is 10.2. The molecule has 0 spiro atoms. The van der Waals surface area contributed by atoms with Gasteiger partial charge in [-0.1, -0.05) is 6.58 Å². The van der Waals surface area contributed by atoms with Gasteiger partial charge in [0.25, 0.3) is 0 Å². The molecule has 164 valence electrons. The summed E-state index contributed by atoms with van der Waals surface area (Å²) in [6, 6.07) is 0. The Morgan fingerprint density at radius 2 is 1.79 bits per heavy atom. The zero-order valence-electron chi connectivity index (χ0n) is 17.2. The zero-order valence-corrected chi connectivity index (χ0v) is 17.2. The fourth-order valence-electron chi connectivity index (χ4n) is 5.32. The van der Waals surface area contributed by atoms with Gasteiger partial charge in [-0.05, 0) is 63.7 Å². The van der Waals surface area contributed by atoms with Gasteiger partial charge >= 0.3 is 17.9 Å². The smallest absolute Gasteiger partial charge is 0.376 e. The molecule has 4 aliphatic carbocycles. The molecule has 4 rings (SSSR count). The molecule has 0 amide bonds. The molecule has 8 heteroatoms. The largest absolute Gasteiger partial charge is 0.460 e. The number of carbonyl (C=O) groups excluding carboxylic acids is 2. The van der Waals surface area contributed by atoms with Crippen molar-refractivity contribution in [3.63, 3.8) is 0 Å². The predicted octanol–water partition coefficient (Wildman–Crippen LogP) is 3.63. The van der Waals surface area contributed by atoms with Crippen LogP contribution >= 0.6 is 0 Å². The Morgan fingerprint density at radius 1 is 1.17 bits per heavy atom. The summed E-state index contributed by atoms with van der Waals surface area (Å²) < 4.78 is 48.7. The normalized spacial score (nSPS) is 34.0. The van der Waals surface area contributed by atoms with Crippen LogP contribution in [0.4, 0.5) is 8.78 Å². The fraction of sp³-hybridized carbons (Fsp3) is 0.810. The highest BCUT2D eigenvalue weighted by Crippen LogP contribution is 2.58. The van der Waals surface area contributed by atoms with Crippen molar-refractivity contribution < 1.29 is 37.3 Å². The number of hydrogen-bond acceptors (Lipinski definition) is 6. The van der Waals surface area contributed by atoms with Crippen LogP contribution in [-0.4, -0.2) is 49.1 Å². The van der Waals surface area contributed by atoms with E-state index in [2.05, 4.69) is 6.58 Å². The van der Waals surface area contributed by atoms with Crippen molar-refractivity contribution in [3.05, 3.63) is 12.2 Å². The van der Waals surface area contributed by atoms with Crippen LogP contribution in [0.5, 0.6) is 0 Å². The molecule has 0 radical (unpaired) electrons. The van der Waals surface area contributed by atoms with Gasteiger partial charge in [-0.25, -0.2) is 9.59 Å². The van der Waals surface area contributed by atoms with E-state index in [1.54, 1.807) is 13.8 Å². The molecule has 4 saturated carbocycles. The second-order valence-electron chi connectivity index (χ2n) is 8.88. The minimum atomic E-state index is -3.47. The maximum Gasteiger partial charge on any atom is 0.376 e.